The minimum absolute atomic E-state index is 0.0228. The van der Waals surface area contributed by atoms with Gasteiger partial charge in [-0.05, 0) is 32.0 Å². The Hall–Kier alpha value is -2.14. The third kappa shape index (κ3) is 2.00. The maximum absolute atomic E-state index is 12.3. The van der Waals surface area contributed by atoms with Crippen LogP contribution < -0.4 is 10.7 Å². The van der Waals surface area contributed by atoms with Gasteiger partial charge in [0.2, 0.25) is 0 Å². The molecule has 5 heteroatoms. The topological polar surface area (TPSA) is 55.1 Å². The summed E-state index contributed by atoms with van der Waals surface area (Å²) in [5.41, 5.74) is 3.08. The first-order chi connectivity index (χ1) is 9.60. The minimum Gasteiger partial charge on any atom is -0.461 e. The number of anilines is 1. The van der Waals surface area contributed by atoms with Crippen LogP contribution in [0.15, 0.2) is 32.8 Å². The Labute approximate surface area is 120 Å². The molecule has 0 aliphatic heterocycles. The van der Waals surface area contributed by atoms with E-state index in [9.17, 15) is 4.79 Å². The van der Waals surface area contributed by atoms with Gasteiger partial charge in [0.15, 0.2) is 10.6 Å². The highest BCUT2D eigenvalue weighted by molar-refractivity contribution is 7.14. The lowest BCUT2D eigenvalue weighted by Gasteiger charge is -2.04. The molecule has 2 heterocycles. The van der Waals surface area contributed by atoms with Gasteiger partial charge in [-0.1, -0.05) is 0 Å². The molecule has 4 nitrogen and oxygen atoms in total. The monoisotopic (exact) mass is 286 g/mol. The number of thiazole rings is 1. The first-order valence-electron chi connectivity index (χ1n) is 6.28. The molecule has 2 aromatic heterocycles. The van der Waals surface area contributed by atoms with Crippen LogP contribution in [0, 0.1) is 13.8 Å². The fraction of sp³-hybridized carbons (Fsp3) is 0.200. The second-order valence-corrected chi connectivity index (χ2v) is 5.47. The van der Waals surface area contributed by atoms with Crippen LogP contribution in [0.3, 0.4) is 0 Å². The first-order valence-corrected chi connectivity index (χ1v) is 7.16. The predicted octanol–water partition coefficient (Wildman–Crippen LogP) is 3.58. The molecule has 3 aromatic rings. The molecule has 0 spiro atoms. The Morgan fingerprint density at radius 1 is 1.30 bits per heavy atom. The molecule has 0 saturated heterocycles. The van der Waals surface area contributed by atoms with Crippen molar-refractivity contribution in [2.24, 2.45) is 0 Å². The van der Waals surface area contributed by atoms with E-state index in [0.29, 0.717) is 22.3 Å². The van der Waals surface area contributed by atoms with Crippen LogP contribution in [0.25, 0.3) is 22.2 Å². The molecule has 0 saturated carbocycles. The van der Waals surface area contributed by atoms with Gasteiger partial charge in [-0.25, -0.2) is 4.98 Å². The summed E-state index contributed by atoms with van der Waals surface area (Å²) in [5.74, 6) is 0.668. The van der Waals surface area contributed by atoms with Gasteiger partial charge in [0.05, 0.1) is 11.1 Å². The number of nitrogens with one attached hydrogen (secondary N) is 1. The maximum atomic E-state index is 12.3. The van der Waals surface area contributed by atoms with E-state index in [-0.39, 0.29) is 5.43 Å². The summed E-state index contributed by atoms with van der Waals surface area (Å²) >= 11 is 1.54. The average molecular weight is 286 g/mol. The van der Waals surface area contributed by atoms with E-state index in [0.717, 1.165) is 16.4 Å². The molecule has 0 unspecified atom stereocenters. The molecule has 0 radical (unpaired) electrons. The van der Waals surface area contributed by atoms with Gasteiger partial charge in [0.25, 0.3) is 0 Å². The zero-order valence-corrected chi connectivity index (χ0v) is 12.3. The zero-order valence-electron chi connectivity index (χ0n) is 11.5. The second-order valence-electron chi connectivity index (χ2n) is 4.61. The summed E-state index contributed by atoms with van der Waals surface area (Å²) in [6, 6.07) is 5.60. The zero-order chi connectivity index (χ0) is 14.3. The average Bonchev–Trinajstić information content (AvgIpc) is 2.93. The van der Waals surface area contributed by atoms with Crippen LogP contribution in [-0.2, 0) is 0 Å². The third-order valence-corrected chi connectivity index (χ3v) is 4.23. The smallest absolute Gasteiger partial charge is 0.195 e. The van der Waals surface area contributed by atoms with Crippen LogP contribution in [-0.4, -0.2) is 12.0 Å². The maximum Gasteiger partial charge on any atom is 0.195 e. The largest absolute Gasteiger partial charge is 0.461 e. The number of fused-ring (bicyclic) bond motifs is 1. The second kappa shape index (κ2) is 4.76. The highest BCUT2D eigenvalue weighted by Gasteiger charge is 2.10. The van der Waals surface area contributed by atoms with Gasteiger partial charge < -0.3 is 9.73 Å². The molecular formula is C15H14N2O2S. The molecule has 0 atom stereocenters. The quantitative estimate of drug-likeness (QED) is 0.782. The number of hydrogen-bond acceptors (Lipinski definition) is 5. The number of hydrogen-bond donors (Lipinski definition) is 1. The highest BCUT2D eigenvalue weighted by atomic mass is 32.1. The summed E-state index contributed by atoms with van der Waals surface area (Å²) in [4.78, 5) is 16.8. The van der Waals surface area contributed by atoms with Crippen molar-refractivity contribution in [3.63, 3.8) is 0 Å². The van der Waals surface area contributed by atoms with Gasteiger partial charge in [0.1, 0.15) is 11.3 Å². The lowest BCUT2D eigenvalue weighted by Crippen LogP contribution is -2.07. The lowest BCUT2D eigenvalue weighted by molar-refractivity contribution is 0.559. The van der Waals surface area contributed by atoms with Crippen LogP contribution >= 0.6 is 11.3 Å². The van der Waals surface area contributed by atoms with Crippen molar-refractivity contribution in [3.8, 4) is 11.3 Å². The fourth-order valence-corrected chi connectivity index (χ4v) is 2.76. The van der Waals surface area contributed by atoms with Gasteiger partial charge in [-0.15, -0.1) is 11.3 Å². The van der Waals surface area contributed by atoms with Crippen LogP contribution in [0.5, 0.6) is 0 Å². The van der Waals surface area contributed by atoms with E-state index < -0.39 is 0 Å². The molecular weight excluding hydrogens is 272 g/mol. The number of aryl methyl sites for hydroxylation is 1. The van der Waals surface area contributed by atoms with Crippen molar-refractivity contribution >= 4 is 27.4 Å². The molecule has 0 aliphatic carbocycles. The van der Waals surface area contributed by atoms with Gasteiger partial charge >= 0.3 is 0 Å². The van der Waals surface area contributed by atoms with Crippen LogP contribution in [0.2, 0.25) is 0 Å². The number of aromatic nitrogens is 1. The normalized spacial score (nSPS) is 10.9. The van der Waals surface area contributed by atoms with Crippen LogP contribution in [0.4, 0.5) is 5.13 Å². The van der Waals surface area contributed by atoms with E-state index in [1.54, 1.807) is 6.92 Å². The van der Waals surface area contributed by atoms with Crippen molar-refractivity contribution < 1.29 is 4.42 Å². The number of benzene rings is 1. The van der Waals surface area contributed by atoms with Gasteiger partial charge in [0, 0.05) is 23.6 Å². The van der Waals surface area contributed by atoms with Crippen LogP contribution in [0.1, 0.15) is 11.3 Å². The molecule has 3 rings (SSSR count). The van der Waals surface area contributed by atoms with E-state index in [1.165, 1.54) is 11.3 Å². The van der Waals surface area contributed by atoms with E-state index in [4.69, 9.17) is 4.42 Å². The lowest BCUT2D eigenvalue weighted by atomic mass is 10.1. The van der Waals surface area contributed by atoms with Crippen molar-refractivity contribution in [2.75, 3.05) is 12.4 Å². The van der Waals surface area contributed by atoms with Gasteiger partial charge in [-0.3, -0.25) is 4.79 Å². The summed E-state index contributed by atoms with van der Waals surface area (Å²) in [6.07, 6.45) is 0. The summed E-state index contributed by atoms with van der Waals surface area (Å²) < 4.78 is 5.66. The van der Waals surface area contributed by atoms with E-state index in [1.807, 2.05) is 37.6 Å². The van der Waals surface area contributed by atoms with Gasteiger partial charge in [-0.2, -0.15) is 0 Å². The standard InChI is InChI=1S/C15H14N2O2S/c1-8-9(2)19-13-5-4-10(6-11(13)14(8)18)12-7-20-15(16-3)17-12/h4-7H,1-3H3,(H,16,17). The van der Waals surface area contributed by atoms with Crippen molar-refractivity contribution in [1.82, 2.24) is 4.98 Å². The molecule has 0 amide bonds. The number of nitrogens with zero attached hydrogens (tertiary/aromatic N) is 1. The Morgan fingerprint density at radius 3 is 2.80 bits per heavy atom. The van der Waals surface area contributed by atoms with Crippen molar-refractivity contribution in [3.05, 3.63) is 45.1 Å². The molecule has 1 N–H and O–H groups in total. The summed E-state index contributed by atoms with van der Waals surface area (Å²) in [5, 5.41) is 6.43. The molecule has 102 valence electrons. The molecule has 1 aromatic carbocycles. The summed E-state index contributed by atoms with van der Waals surface area (Å²) in [6.45, 7) is 3.60. The summed E-state index contributed by atoms with van der Waals surface area (Å²) in [7, 11) is 1.84. The van der Waals surface area contributed by atoms with E-state index >= 15 is 0 Å². The highest BCUT2D eigenvalue weighted by Crippen LogP contribution is 2.27. The predicted molar refractivity (Wildman–Crippen MR) is 82.6 cm³/mol. The number of rotatable bonds is 2. The third-order valence-electron chi connectivity index (χ3n) is 3.37. The van der Waals surface area contributed by atoms with Crippen molar-refractivity contribution in [2.45, 2.75) is 13.8 Å². The minimum atomic E-state index is 0.0228. The Balaban J connectivity index is 2.22. The molecule has 0 fully saturated rings. The SMILES string of the molecule is CNc1nc(-c2ccc3oc(C)c(C)c(=O)c3c2)cs1. The Kier molecular flexibility index (Phi) is 3.06. The molecule has 20 heavy (non-hydrogen) atoms. The molecule has 0 aliphatic rings. The van der Waals surface area contributed by atoms with E-state index in [2.05, 4.69) is 10.3 Å². The van der Waals surface area contributed by atoms with Crippen molar-refractivity contribution in [1.29, 1.82) is 0 Å². The fourth-order valence-electron chi connectivity index (χ4n) is 2.08. The Bertz CT molecular complexity index is 849. The first kappa shape index (κ1) is 12.9. The Morgan fingerprint density at radius 2 is 2.10 bits per heavy atom. The molecule has 0 bridgehead atoms.